The lowest BCUT2D eigenvalue weighted by Gasteiger charge is -1.99. The van der Waals surface area contributed by atoms with Crippen LogP contribution in [0.15, 0.2) is 65.2 Å². The number of amides is 1. The molecule has 1 amide bonds. The van der Waals surface area contributed by atoms with Crippen molar-refractivity contribution in [1.82, 2.24) is 15.5 Å². The van der Waals surface area contributed by atoms with Crippen LogP contribution in [0.1, 0.15) is 11.5 Å². The zero-order valence-electron chi connectivity index (χ0n) is 13.7. The summed E-state index contributed by atoms with van der Waals surface area (Å²) in [7, 11) is 1.61. The van der Waals surface area contributed by atoms with E-state index in [1.807, 2.05) is 54.6 Å². The number of ether oxygens (including phenoxy) is 1. The molecule has 0 aliphatic heterocycles. The maximum absolute atomic E-state index is 11.8. The first kappa shape index (κ1) is 16.4. The summed E-state index contributed by atoms with van der Waals surface area (Å²) in [5.41, 5.74) is 1.77. The zero-order chi connectivity index (χ0) is 17.5. The van der Waals surface area contributed by atoms with E-state index in [4.69, 9.17) is 9.26 Å². The number of rotatable bonds is 6. The number of hydrogen-bond acceptors (Lipinski definition) is 5. The maximum Gasteiger partial charge on any atom is 0.246 e. The standard InChI is InChI=1S/C19H17N3O3/c1-24-16-10-8-15(9-11-16)19-21-18(25-22-19)13-20-17(23)12-7-14-5-3-2-4-6-14/h2-12H,13H2,1H3,(H,20,23). The number of carbonyl (C=O) groups is 1. The van der Waals surface area contributed by atoms with E-state index in [1.165, 1.54) is 6.08 Å². The van der Waals surface area contributed by atoms with Gasteiger partial charge < -0.3 is 14.6 Å². The van der Waals surface area contributed by atoms with Crippen LogP contribution in [-0.4, -0.2) is 23.2 Å². The molecule has 3 rings (SSSR count). The fourth-order valence-corrected chi connectivity index (χ4v) is 2.14. The Morgan fingerprint density at radius 2 is 1.92 bits per heavy atom. The van der Waals surface area contributed by atoms with Crippen LogP contribution >= 0.6 is 0 Å². The minimum Gasteiger partial charge on any atom is -0.497 e. The van der Waals surface area contributed by atoms with Gasteiger partial charge in [-0.05, 0) is 35.9 Å². The topological polar surface area (TPSA) is 77.3 Å². The molecule has 3 aromatic rings. The van der Waals surface area contributed by atoms with Gasteiger partial charge in [0.2, 0.25) is 17.6 Å². The van der Waals surface area contributed by atoms with Gasteiger partial charge in [0.15, 0.2) is 0 Å². The SMILES string of the molecule is COc1ccc(-c2noc(CNC(=O)C=Cc3ccccc3)n2)cc1. The van der Waals surface area contributed by atoms with Crippen molar-refractivity contribution in [3.63, 3.8) is 0 Å². The van der Waals surface area contributed by atoms with Gasteiger partial charge in [0.05, 0.1) is 13.7 Å². The van der Waals surface area contributed by atoms with Crippen LogP contribution in [0.25, 0.3) is 17.5 Å². The first-order chi connectivity index (χ1) is 12.2. The van der Waals surface area contributed by atoms with E-state index < -0.39 is 0 Å². The lowest BCUT2D eigenvalue weighted by atomic mass is 10.2. The summed E-state index contributed by atoms with van der Waals surface area (Å²) in [5, 5.41) is 6.63. The van der Waals surface area contributed by atoms with E-state index >= 15 is 0 Å². The highest BCUT2D eigenvalue weighted by Crippen LogP contribution is 2.19. The predicted octanol–water partition coefficient (Wildman–Crippen LogP) is 3.07. The molecular weight excluding hydrogens is 318 g/mol. The molecule has 0 aliphatic carbocycles. The molecule has 6 heteroatoms. The Bertz CT molecular complexity index is 855. The van der Waals surface area contributed by atoms with Crippen LogP contribution in [-0.2, 0) is 11.3 Å². The molecule has 0 bridgehead atoms. The molecule has 6 nitrogen and oxygen atoms in total. The number of hydrogen-bond donors (Lipinski definition) is 1. The van der Waals surface area contributed by atoms with Gasteiger partial charge in [-0.2, -0.15) is 4.98 Å². The smallest absolute Gasteiger partial charge is 0.246 e. The Morgan fingerprint density at radius 3 is 2.64 bits per heavy atom. The van der Waals surface area contributed by atoms with E-state index in [0.29, 0.717) is 11.7 Å². The Labute approximate surface area is 145 Å². The molecule has 0 radical (unpaired) electrons. The van der Waals surface area contributed by atoms with Gasteiger partial charge in [-0.15, -0.1) is 0 Å². The maximum atomic E-state index is 11.8. The third kappa shape index (κ3) is 4.54. The summed E-state index contributed by atoms with van der Waals surface area (Å²) in [6, 6.07) is 16.9. The van der Waals surface area contributed by atoms with E-state index in [0.717, 1.165) is 16.9 Å². The van der Waals surface area contributed by atoms with Crippen molar-refractivity contribution >= 4 is 12.0 Å². The molecule has 1 aromatic heterocycles. The van der Waals surface area contributed by atoms with Crippen LogP contribution in [0.4, 0.5) is 0 Å². The quantitative estimate of drug-likeness (QED) is 0.701. The second-order valence-electron chi connectivity index (χ2n) is 5.20. The summed E-state index contributed by atoms with van der Waals surface area (Å²) in [6.07, 6.45) is 3.21. The van der Waals surface area contributed by atoms with E-state index in [2.05, 4.69) is 15.5 Å². The molecule has 25 heavy (non-hydrogen) atoms. The van der Waals surface area contributed by atoms with Crippen molar-refractivity contribution in [2.24, 2.45) is 0 Å². The number of benzene rings is 2. The molecule has 0 unspecified atom stereocenters. The number of nitrogens with one attached hydrogen (secondary N) is 1. The summed E-state index contributed by atoms with van der Waals surface area (Å²) in [6.45, 7) is 0.168. The van der Waals surface area contributed by atoms with Gasteiger partial charge in [-0.1, -0.05) is 35.5 Å². The molecule has 1 N–H and O–H groups in total. The summed E-state index contributed by atoms with van der Waals surface area (Å²) < 4.78 is 10.3. The van der Waals surface area contributed by atoms with Gasteiger partial charge in [-0.25, -0.2) is 0 Å². The Hall–Kier alpha value is -3.41. The van der Waals surface area contributed by atoms with Crippen molar-refractivity contribution in [1.29, 1.82) is 0 Å². The number of carbonyl (C=O) groups excluding carboxylic acids is 1. The van der Waals surface area contributed by atoms with E-state index in [-0.39, 0.29) is 12.5 Å². The number of methoxy groups -OCH3 is 1. The minimum atomic E-state index is -0.229. The van der Waals surface area contributed by atoms with Crippen molar-refractivity contribution < 1.29 is 14.1 Å². The van der Waals surface area contributed by atoms with Gasteiger partial charge in [0.1, 0.15) is 5.75 Å². The average molecular weight is 335 g/mol. The van der Waals surface area contributed by atoms with Crippen molar-refractivity contribution in [3.05, 3.63) is 72.1 Å². The van der Waals surface area contributed by atoms with Crippen LogP contribution in [0.3, 0.4) is 0 Å². The van der Waals surface area contributed by atoms with Crippen LogP contribution in [0, 0.1) is 0 Å². The predicted molar refractivity (Wildman–Crippen MR) is 93.6 cm³/mol. The Balaban J connectivity index is 1.56. The zero-order valence-corrected chi connectivity index (χ0v) is 13.7. The van der Waals surface area contributed by atoms with E-state index in [9.17, 15) is 4.79 Å². The number of aromatic nitrogens is 2. The summed E-state index contributed by atoms with van der Waals surface area (Å²) >= 11 is 0. The number of nitrogens with zero attached hydrogens (tertiary/aromatic N) is 2. The third-order valence-electron chi connectivity index (χ3n) is 3.46. The molecule has 0 atom stereocenters. The second-order valence-corrected chi connectivity index (χ2v) is 5.20. The van der Waals surface area contributed by atoms with Crippen LogP contribution < -0.4 is 10.1 Å². The molecule has 1 heterocycles. The van der Waals surface area contributed by atoms with Crippen molar-refractivity contribution in [3.8, 4) is 17.1 Å². The summed E-state index contributed by atoms with van der Waals surface area (Å²) in [4.78, 5) is 16.1. The third-order valence-corrected chi connectivity index (χ3v) is 3.46. The van der Waals surface area contributed by atoms with Crippen LogP contribution in [0.5, 0.6) is 5.75 Å². The van der Waals surface area contributed by atoms with Crippen molar-refractivity contribution in [2.45, 2.75) is 6.54 Å². The molecule has 2 aromatic carbocycles. The summed E-state index contributed by atoms with van der Waals surface area (Å²) in [5.74, 6) is 1.33. The molecule has 0 saturated heterocycles. The molecule has 0 fully saturated rings. The minimum absolute atomic E-state index is 0.168. The van der Waals surface area contributed by atoms with Gasteiger partial charge in [0.25, 0.3) is 0 Å². The Morgan fingerprint density at radius 1 is 1.16 bits per heavy atom. The van der Waals surface area contributed by atoms with E-state index in [1.54, 1.807) is 13.2 Å². The van der Waals surface area contributed by atoms with Crippen LogP contribution in [0.2, 0.25) is 0 Å². The molecule has 0 saturated carbocycles. The van der Waals surface area contributed by atoms with Gasteiger partial charge >= 0.3 is 0 Å². The first-order valence-corrected chi connectivity index (χ1v) is 7.72. The highest BCUT2D eigenvalue weighted by Gasteiger charge is 2.09. The fourth-order valence-electron chi connectivity index (χ4n) is 2.14. The van der Waals surface area contributed by atoms with Gasteiger partial charge in [0, 0.05) is 11.6 Å². The Kier molecular flexibility index (Phi) is 5.21. The molecule has 0 aliphatic rings. The highest BCUT2D eigenvalue weighted by molar-refractivity contribution is 5.91. The molecular formula is C19H17N3O3. The lowest BCUT2D eigenvalue weighted by molar-refractivity contribution is -0.116. The first-order valence-electron chi connectivity index (χ1n) is 7.72. The molecule has 0 spiro atoms. The highest BCUT2D eigenvalue weighted by atomic mass is 16.5. The van der Waals surface area contributed by atoms with Gasteiger partial charge in [-0.3, -0.25) is 4.79 Å². The average Bonchev–Trinajstić information content (AvgIpc) is 3.14. The molecule has 126 valence electrons. The monoisotopic (exact) mass is 335 g/mol. The van der Waals surface area contributed by atoms with Crippen molar-refractivity contribution in [2.75, 3.05) is 7.11 Å². The normalized spacial score (nSPS) is 10.8. The fraction of sp³-hybridized carbons (Fsp3) is 0.105. The largest absolute Gasteiger partial charge is 0.497 e. The second kappa shape index (κ2) is 7.92. The lowest BCUT2D eigenvalue weighted by Crippen LogP contribution is -2.20.